The molecule has 2 N–H and O–H groups in total. The van der Waals surface area contributed by atoms with E-state index in [9.17, 15) is 0 Å². The van der Waals surface area contributed by atoms with E-state index < -0.39 is 6.10 Å². The maximum Gasteiger partial charge on any atom is 0.211 e. The lowest BCUT2D eigenvalue weighted by molar-refractivity contribution is 0.0955. The number of benzene rings is 1. The van der Waals surface area contributed by atoms with Gasteiger partial charge in [-0.15, -0.1) is 0 Å². The fourth-order valence-electron chi connectivity index (χ4n) is 1.11. The first-order chi connectivity index (χ1) is 6.81. The van der Waals surface area contributed by atoms with Crippen molar-refractivity contribution < 1.29 is 10.2 Å². The van der Waals surface area contributed by atoms with E-state index in [0.717, 1.165) is 12.0 Å². The van der Waals surface area contributed by atoms with Gasteiger partial charge in [-0.25, -0.2) is 0 Å². The van der Waals surface area contributed by atoms with Crippen molar-refractivity contribution in [1.82, 2.24) is 0 Å². The van der Waals surface area contributed by atoms with Crippen molar-refractivity contribution in [2.45, 2.75) is 19.4 Å². The lowest BCUT2D eigenvalue weighted by atomic mass is 10.1. The molecule has 0 fully saturated rings. The normalized spacial score (nSPS) is 15.1. The van der Waals surface area contributed by atoms with E-state index in [4.69, 9.17) is 2.86 Å². The van der Waals surface area contributed by atoms with Gasteiger partial charge >= 0.3 is 0 Å². The molecule has 0 aliphatic heterocycles. The molecule has 0 heterocycles. The molecule has 0 aromatic heterocycles. The standard InChI is InChI=1S/C10H14O2/c1-2-8-4-3-5-9(6-8)10(12)7-11/h3-6,10-12H,2,7H2,1H3/i11D,12D. The molecule has 1 unspecified atom stereocenters. The summed E-state index contributed by atoms with van der Waals surface area (Å²) in [6.45, 7) is 2.15. The highest BCUT2D eigenvalue weighted by Gasteiger charge is 2.04. The molecular formula is C10H14O2. The van der Waals surface area contributed by atoms with Gasteiger partial charge < -0.3 is 10.2 Å². The van der Waals surface area contributed by atoms with Crippen LogP contribution >= 0.6 is 0 Å². The Morgan fingerprint density at radius 2 is 2.50 bits per heavy atom. The third-order valence-electron chi connectivity index (χ3n) is 1.88. The summed E-state index contributed by atoms with van der Waals surface area (Å²) in [5, 5.41) is 8.71. The van der Waals surface area contributed by atoms with Crippen LogP contribution in [0.4, 0.5) is 0 Å². The minimum absolute atomic E-state index is 0.0800. The van der Waals surface area contributed by atoms with Crippen LogP contribution < -0.4 is 0 Å². The molecule has 0 aliphatic rings. The summed E-state index contributed by atoms with van der Waals surface area (Å²) in [4.78, 5) is 0. The molecule has 0 amide bonds. The largest absolute Gasteiger partial charge is 0.393 e. The first kappa shape index (κ1) is 6.63. The summed E-state index contributed by atoms with van der Waals surface area (Å²) in [5.41, 5.74) is 2.07. The van der Waals surface area contributed by atoms with Crippen molar-refractivity contribution in [3.8, 4) is 0 Å². The van der Waals surface area contributed by atoms with Gasteiger partial charge in [0.2, 0.25) is 2.86 Å². The number of aryl methyl sites for hydroxylation is 1. The Labute approximate surface area is 75.5 Å². The summed E-state index contributed by atoms with van der Waals surface area (Å²) in [6, 6.07) is 7.78. The van der Waals surface area contributed by atoms with Crippen molar-refractivity contribution in [3.05, 3.63) is 35.4 Å². The van der Waals surface area contributed by atoms with Crippen molar-refractivity contribution >= 4 is 0 Å². The van der Waals surface area contributed by atoms with Crippen molar-refractivity contribution in [1.29, 1.82) is 2.86 Å². The fourth-order valence-corrected chi connectivity index (χ4v) is 1.11. The van der Waals surface area contributed by atoms with Crippen LogP contribution in [0.25, 0.3) is 0 Å². The SMILES string of the molecule is [2H]OCC(O[2H])c1cccc(CC)c1. The van der Waals surface area contributed by atoms with Gasteiger partial charge in [-0.2, -0.15) is 0 Å². The highest BCUT2D eigenvalue weighted by molar-refractivity contribution is 5.25. The lowest BCUT2D eigenvalue weighted by Crippen LogP contribution is -2.02. The molecular weight excluding hydrogens is 152 g/mol. The van der Waals surface area contributed by atoms with E-state index in [1.807, 2.05) is 24.3 Å². The molecule has 0 radical (unpaired) electrons. The Kier molecular flexibility index (Phi) is 2.34. The van der Waals surface area contributed by atoms with Crippen molar-refractivity contribution in [2.75, 3.05) is 6.61 Å². The highest BCUT2D eigenvalue weighted by atomic mass is 16.3. The van der Waals surface area contributed by atoms with Gasteiger partial charge in [-0.1, -0.05) is 31.2 Å². The second-order valence-corrected chi connectivity index (χ2v) is 2.75. The van der Waals surface area contributed by atoms with Gasteiger partial charge in [0, 0.05) is 0 Å². The quantitative estimate of drug-likeness (QED) is 0.695. The molecule has 66 valence electrons. The molecule has 0 aliphatic carbocycles. The van der Waals surface area contributed by atoms with Gasteiger partial charge in [-0.05, 0) is 17.5 Å². The van der Waals surface area contributed by atoms with E-state index in [2.05, 4.69) is 17.1 Å². The van der Waals surface area contributed by atoms with Gasteiger partial charge in [0.05, 0.1) is 6.61 Å². The predicted molar refractivity (Wildman–Crippen MR) is 47.9 cm³/mol. The lowest BCUT2D eigenvalue weighted by Gasteiger charge is -2.08. The summed E-state index contributed by atoms with van der Waals surface area (Å²) >= 11 is 0. The number of aliphatic hydroxyl groups excluding tert-OH is 2. The van der Waals surface area contributed by atoms with Gasteiger partial charge in [0.15, 0.2) is 0 Å². The van der Waals surface area contributed by atoms with Crippen molar-refractivity contribution in [3.63, 3.8) is 0 Å². The molecule has 1 rings (SSSR count). The molecule has 1 aromatic carbocycles. The topological polar surface area (TPSA) is 40.5 Å². The van der Waals surface area contributed by atoms with Crippen molar-refractivity contribution in [2.24, 2.45) is 0 Å². The Morgan fingerprint density at radius 3 is 3.17 bits per heavy atom. The minimum atomic E-state index is -0.473. The van der Waals surface area contributed by atoms with Crippen LogP contribution in [0.2, 0.25) is 0 Å². The van der Waals surface area contributed by atoms with Crippen LogP contribution in [-0.4, -0.2) is 19.7 Å². The Bertz CT molecular complexity index is 279. The van der Waals surface area contributed by atoms with Gasteiger partial charge in [0.25, 0.3) is 0 Å². The highest BCUT2D eigenvalue weighted by Crippen LogP contribution is 2.13. The Balaban J connectivity index is 2.80. The molecule has 2 heteroatoms. The van der Waals surface area contributed by atoms with Crippen LogP contribution in [0.5, 0.6) is 0 Å². The van der Waals surface area contributed by atoms with Gasteiger partial charge in [0.1, 0.15) is 6.10 Å². The van der Waals surface area contributed by atoms with E-state index in [1.165, 1.54) is 5.56 Å². The van der Waals surface area contributed by atoms with Crippen LogP contribution in [0.3, 0.4) is 0 Å². The van der Waals surface area contributed by atoms with E-state index >= 15 is 0 Å². The van der Waals surface area contributed by atoms with Crippen LogP contribution in [0.15, 0.2) is 24.3 Å². The minimum Gasteiger partial charge on any atom is -0.393 e. The zero-order valence-corrected chi connectivity index (χ0v) is 7.12. The third kappa shape index (κ3) is 2.06. The monoisotopic (exact) mass is 168 g/mol. The second kappa shape index (κ2) is 4.24. The third-order valence-corrected chi connectivity index (χ3v) is 1.88. The van der Waals surface area contributed by atoms with E-state index in [-0.39, 0.29) is 6.61 Å². The number of hydrogen-bond acceptors (Lipinski definition) is 2. The zero-order valence-electron chi connectivity index (χ0n) is 9.12. The average Bonchev–Trinajstić information content (AvgIpc) is 2.26. The van der Waals surface area contributed by atoms with Crippen LogP contribution in [0.1, 0.15) is 24.2 Å². The molecule has 1 atom stereocenters. The first-order valence-corrected chi connectivity index (χ1v) is 4.10. The Hall–Kier alpha value is -0.860. The summed E-state index contributed by atoms with van der Waals surface area (Å²) in [5.74, 6) is 0. The molecule has 0 saturated heterocycles. The van der Waals surface area contributed by atoms with E-state index in [1.54, 1.807) is 0 Å². The average molecular weight is 168 g/mol. The fraction of sp³-hybridized carbons (Fsp3) is 0.400. The smallest absolute Gasteiger partial charge is 0.211 e. The van der Waals surface area contributed by atoms with Crippen LogP contribution in [-0.2, 0) is 6.42 Å². The summed E-state index contributed by atoms with van der Waals surface area (Å²) in [7, 11) is 0. The number of aliphatic hydroxyl groups is 2. The molecule has 12 heavy (non-hydrogen) atoms. The maximum atomic E-state index is 6.86. The second-order valence-electron chi connectivity index (χ2n) is 2.75. The molecule has 1 aromatic rings. The molecule has 0 spiro atoms. The molecule has 2 nitrogen and oxygen atoms in total. The van der Waals surface area contributed by atoms with Crippen LogP contribution in [0, 0.1) is 0 Å². The summed E-state index contributed by atoms with van der Waals surface area (Å²) in [6.07, 6.45) is 0.472. The summed E-state index contributed by atoms with van der Waals surface area (Å²) < 4.78 is 13.5. The zero-order chi connectivity index (χ0) is 10.4. The number of rotatable bonds is 5. The number of hydrogen-bond donors (Lipinski definition) is 2. The Morgan fingerprint density at radius 1 is 1.58 bits per heavy atom. The molecule has 0 saturated carbocycles. The predicted octanol–water partition coefficient (Wildman–Crippen LogP) is 1.27. The first-order valence-electron chi connectivity index (χ1n) is 4.92. The maximum absolute atomic E-state index is 6.86. The molecule has 0 bridgehead atoms. The van der Waals surface area contributed by atoms with Gasteiger partial charge in [-0.3, -0.25) is 0 Å². The van der Waals surface area contributed by atoms with E-state index in [0.29, 0.717) is 0 Å².